The molecule has 2 aliphatic heterocycles. The fraction of sp³-hybridized carbons (Fsp3) is 0.632. The van der Waals surface area contributed by atoms with Gasteiger partial charge in [-0.3, -0.25) is 14.6 Å². The number of rotatable bonds is 4. The van der Waals surface area contributed by atoms with Crippen molar-refractivity contribution in [3.05, 3.63) is 29.8 Å². The number of likely N-dealkylation sites (tertiary alicyclic amines) is 1. The van der Waals surface area contributed by atoms with E-state index in [1.165, 1.54) is 12.8 Å². The smallest absolute Gasteiger partial charge is 0.254 e. The van der Waals surface area contributed by atoms with Gasteiger partial charge in [-0.05, 0) is 44.9 Å². The third-order valence-electron chi connectivity index (χ3n) is 5.60. The van der Waals surface area contributed by atoms with Gasteiger partial charge in [-0.25, -0.2) is 0 Å². The summed E-state index contributed by atoms with van der Waals surface area (Å²) >= 11 is 0. The summed E-state index contributed by atoms with van der Waals surface area (Å²) in [6.07, 6.45) is 2.65. The molecule has 5 heteroatoms. The van der Waals surface area contributed by atoms with Gasteiger partial charge in [0.05, 0.1) is 0 Å². The van der Waals surface area contributed by atoms with Gasteiger partial charge in [0.25, 0.3) is 5.91 Å². The normalized spacial score (nSPS) is 26.0. The number of benzene rings is 1. The first-order valence-electron chi connectivity index (χ1n) is 9.17. The number of nitrogen functional groups attached to an aromatic ring is 1. The van der Waals surface area contributed by atoms with Crippen molar-refractivity contribution < 1.29 is 4.79 Å². The molecule has 2 saturated heterocycles. The van der Waals surface area contributed by atoms with E-state index in [0.29, 0.717) is 23.3 Å². The van der Waals surface area contributed by atoms with E-state index in [4.69, 9.17) is 5.73 Å². The first kappa shape index (κ1) is 17.2. The van der Waals surface area contributed by atoms with Crippen LogP contribution in [0.25, 0.3) is 0 Å². The van der Waals surface area contributed by atoms with Crippen LogP contribution >= 0.6 is 0 Å². The van der Waals surface area contributed by atoms with E-state index >= 15 is 0 Å². The summed E-state index contributed by atoms with van der Waals surface area (Å²) in [5, 5.41) is 0. The van der Waals surface area contributed by atoms with Crippen molar-refractivity contribution in [1.82, 2.24) is 14.7 Å². The zero-order valence-corrected chi connectivity index (χ0v) is 14.9. The SMILES string of the molecule is CC1CCC(C)N1CCN1CCN(C(=O)c2cccc(N)c2)CC1. The lowest BCUT2D eigenvalue weighted by atomic mass is 10.1. The fourth-order valence-electron chi connectivity index (χ4n) is 3.97. The van der Waals surface area contributed by atoms with Crippen molar-refractivity contribution in [1.29, 1.82) is 0 Å². The maximum atomic E-state index is 12.6. The molecule has 0 saturated carbocycles. The Balaban J connectivity index is 1.46. The number of nitrogens with zero attached hydrogens (tertiary/aromatic N) is 3. The fourth-order valence-corrected chi connectivity index (χ4v) is 3.97. The number of piperazine rings is 1. The molecule has 2 unspecified atom stereocenters. The second-order valence-corrected chi connectivity index (χ2v) is 7.27. The molecule has 132 valence electrons. The zero-order valence-electron chi connectivity index (χ0n) is 14.9. The van der Waals surface area contributed by atoms with Crippen LogP contribution in [0.2, 0.25) is 0 Å². The summed E-state index contributed by atoms with van der Waals surface area (Å²) in [4.78, 5) is 19.6. The van der Waals surface area contributed by atoms with Crippen LogP contribution in [0, 0.1) is 0 Å². The van der Waals surface area contributed by atoms with Crippen LogP contribution < -0.4 is 5.73 Å². The number of carbonyl (C=O) groups excluding carboxylic acids is 1. The lowest BCUT2D eigenvalue weighted by Gasteiger charge is -2.36. The van der Waals surface area contributed by atoms with Gasteiger partial charge in [0.2, 0.25) is 0 Å². The monoisotopic (exact) mass is 330 g/mol. The molecular weight excluding hydrogens is 300 g/mol. The Hall–Kier alpha value is -1.59. The maximum Gasteiger partial charge on any atom is 0.254 e. The predicted molar refractivity (Wildman–Crippen MR) is 98.1 cm³/mol. The van der Waals surface area contributed by atoms with Crippen LogP contribution in [0.5, 0.6) is 0 Å². The van der Waals surface area contributed by atoms with Crippen LogP contribution in [0.4, 0.5) is 5.69 Å². The van der Waals surface area contributed by atoms with E-state index < -0.39 is 0 Å². The highest BCUT2D eigenvalue weighted by atomic mass is 16.2. The van der Waals surface area contributed by atoms with E-state index in [1.807, 2.05) is 23.1 Å². The molecule has 2 heterocycles. The zero-order chi connectivity index (χ0) is 17.1. The molecule has 1 amide bonds. The number of nitrogens with two attached hydrogens (primary N) is 1. The second kappa shape index (κ2) is 7.53. The van der Waals surface area contributed by atoms with Crippen molar-refractivity contribution in [3.63, 3.8) is 0 Å². The summed E-state index contributed by atoms with van der Waals surface area (Å²) in [5.41, 5.74) is 7.13. The van der Waals surface area contributed by atoms with E-state index in [2.05, 4.69) is 23.6 Å². The number of hydrogen-bond donors (Lipinski definition) is 1. The average molecular weight is 330 g/mol. The number of hydrogen-bond acceptors (Lipinski definition) is 4. The number of carbonyl (C=O) groups is 1. The van der Waals surface area contributed by atoms with Crippen molar-refractivity contribution in [2.45, 2.75) is 38.8 Å². The quantitative estimate of drug-likeness (QED) is 0.857. The topological polar surface area (TPSA) is 52.8 Å². The summed E-state index contributed by atoms with van der Waals surface area (Å²) in [6, 6.07) is 8.70. The highest BCUT2D eigenvalue weighted by molar-refractivity contribution is 5.95. The summed E-state index contributed by atoms with van der Waals surface area (Å²) in [5.74, 6) is 0.101. The summed E-state index contributed by atoms with van der Waals surface area (Å²) < 4.78 is 0. The van der Waals surface area contributed by atoms with Crippen LogP contribution in [0.15, 0.2) is 24.3 Å². The molecule has 1 aromatic rings. The van der Waals surface area contributed by atoms with Gasteiger partial charge in [0.1, 0.15) is 0 Å². The Morgan fingerprint density at radius 2 is 1.75 bits per heavy atom. The van der Waals surface area contributed by atoms with Gasteiger partial charge < -0.3 is 10.6 Å². The van der Waals surface area contributed by atoms with E-state index in [1.54, 1.807) is 6.07 Å². The molecule has 0 aromatic heterocycles. The van der Waals surface area contributed by atoms with Crippen LogP contribution in [0.3, 0.4) is 0 Å². The minimum atomic E-state index is 0.101. The standard InChI is InChI=1S/C19H30N4O/c1-15-6-7-16(2)23(15)13-10-21-8-11-22(12-9-21)19(24)17-4-3-5-18(20)14-17/h3-5,14-16H,6-13,20H2,1-2H3. The highest BCUT2D eigenvalue weighted by Crippen LogP contribution is 2.23. The summed E-state index contributed by atoms with van der Waals surface area (Å²) in [6.45, 7) is 10.5. The van der Waals surface area contributed by atoms with Gasteiger partial charge in [0, 0.05) is 62.6 Å². The molecule has 0 aliphatic carbocycles. The van der Waals surface area contributed by atoms with Crippen LogP contribution in [0.1, 0.15) is 37.0 Å². The number of anilines is 1. The minimum Gasteiger partial charge on any atom is -0.399 e. The van der Waals surface area contributed by atoms with Crippen molar-refractivity contribution in [3.8, 4) is 0 Å². The van der Waals surface area contributed by atoms with Gasteiger partial charge in [0.15, 0.2) is 0 Å². The first-order chi connectivity index (χ1) is 11.5. The predicted octanol–water partition coefficient (Wildman–Crippen LogP) is 1.90. The van der Waals surface area contributed by atoms with Crippen LogP contribution in [-0.2, 0) is 0 Å². The average Bonchev–Trinajstić information content (AvgIpc) is 2.91. The van der Waals surface area contributed by atoms with Crippen LogP contribution in [-0.4, -0.2) is 72.0 Å². The Bertz CT molecular complexity index is 558. The van der Waals surface area contributed by atoms with Gasteiger partial charge >= 0.3 is 0 Å². The second-order valence-electron chi connectivity index (χ2n) is 7.27. The molecule has 5 nitrogen and oxygen atoms in total. The van der Waals surface area contributed by atoms with Gasteiger partial charge in [-0.2, -0.15) is 0 Å². The Morgan fingerprint density at radius 1 is 1.08 bits per heavy atom. The van der Waals surface area contributed by atoms with Crippen molar-refractivity contribution in [2.24, 2.45) is 0 Å². The first-order valence-corrected chi connectivity index (χ1v) is 9.17. The third-order valence-corrected chi connectivity index (χ3v) is 5.60. The lowest BCUT2D eigenvalue weighted by molar-refractivity contribution is 0.0614. The molecule has 24 heavy (non-hydrogen) atoms. The highest BCUT2D eigenvalue weighted by Gasteiger charge is 2.28. The molecule has 2 fully saturated rings. The summed E-state index contributed by atoms with van der Waals surface area (Å²) in [7, 11) is 0. The molecule has 2 N–H and O–H groups in total. The van der Waals surface area contributed by atoms with Crippen molar-refractivity contribution >= 4 is 11.6 Å². The molecule has 3 rings (SSSR count). The molecular formula is C19H30N4O. The minimum absolute atomic E-state index is 0.101. The molecule has 0 bridgehead atoms. The van der Waals surface area contributed by atoms with Crippen molar-refractivity contribution in [2.75, 3.05) is 45.0 Å². The molecule has 0 spiro atoms. The molecule has 2 aliphatic rings. The van der Waals surface area contributed by atoms with E-state index in [-0.39, 0.29) is 5.91 Å². The van der Waals surface area contributed by atoms with E-state index in [0.717, 1.165) is 39.3 Å². The Morgan fingerprint density at radius 3 is 2.38 bits per heavy atom. The Kier molecular flexibility index (Phi) is 5.41. The lowest BCUT2D eigenvalue weighted by Crippen LogP contribution is -2.50. The maximum absolute atomic E-state index is 12.6. The Labute approximate surface area is 145 Å². The molecule has 2 atom stereocenters. The molecule has 1 aromatic carbocycles. The third kappa shape index (κ3) is 3.90. The van der Waals surface area contributed by atoms with Gasteiger partial charge in [-0.1, -0.05) is 6.07 Å². The largest absolute Gasteiger partial charge is 0.399 e. The number of amides is 1. The molecule has 0 radical (unpaired) electrons. The van der Waals surface area contributed by atoms with Gasteiger partial charge in [-0.15, -0.1) is 0 Å². The van der Waals surface area contributed by atoms with E-state index in [9.17, 15) is 4.79 Å².